The lowest BCUT2D eigenvalue weighted by molar-refractivity contribution is -0.384. The smallest absolute Gasteiger partial charge is 0.270 e. The molecule has 0 unspecified atom stereocenters. The Hall–Kier alpha value is -3.46. The van der Waals surface area contributed by atoms with Crippen LogP contribution in [0.5, 0.6) is 0 Å². The molecule has 0 radical (unpaired) electrons. The van der Waals surface area contributed by atoms with E-state index in [9.17, 15) is 15.4 Å². The highest BCUT2D eigenvalue weighted by Gasteiger charge is 2.11. The first-order valence-electron chi connectivity index (χ1n) is 7.77. The predicted octanol–water partition coefficient (Wildman–Crippen LogP) is 4.24. The topological polar surface area (TPSA) is 91.8 Å². The van der Waals surface area contributed by atoms with Crippen molar-refractivity contribution in [2.45, 2.75) is 20.4 Å². The average molecular weight is 332 g/mol. The summed E-state index contributed by atoms with van der Waals surface area (Å²) in [6.07, 6.45) is 0. The second-order valence-corrected chi connectivity index (χ2v) is 5.91. The molecule has 0 aliphatic carbocycles. The largest absolute Gasteiger partial charge is 0.366 e. The van der Waals surface area contributed by atoms with Gasteiger partial charge in [0.2, 0.25) is 0 Å². The molecule has 0 amide bonds. The molecule has 1 heterocycles. The van der Waals surface area contributed by atoms with Crippen molar-refractivity contribution in [1.29, 1.82) is 5.26 Å². The summed E-state index contributed by atoms with van der Waals surface area (Å²) >= 11 is 0. The molecule has 2 aromatic carbocycles. The van der Waals surface area contributed by atoms with Crippen molar-refractivity contribution in [3.63, 3.8) is 0 Å². The zero-order valence-electron chi connectivity index (χ0n) is 13.9. The lowest BCUT2D eigenvalue weighted by Gasteiger charge is -2.10. The number of nitro benzene ring substituents is 1. The van der Waals surface area contributed by atoms with Crippen LogP contribution in [0, 0.1) is 35.3 Å². The zero-order valence-corrected chi connectivity index (χ0v) is 13.9. The first-order chi connectivity index (χ1) is 12.0. The van der Waals surface area contributed by atoms with Crippen molar-refractivity contribution < 1.29 is 4.92 Å². The highest BCUT2D eigenvalue weighted by Crippen LogP contribution is 2.25. The number of hydrogen-bond donors (Lipinski definition) is 1. The summed E-state index contributed by atoms with van der Waals surface area (Å²) in [5.74, 6) is 0.567. The van der Waals surface area contributed by atoms with Gasteiger partial charge in [0, 0.05) is 24.1 Å². The molecule has 0 bridgehead atoms. The molecule has 1 N–H and O–H groups in total. The molecule has 3 rings (SSSR count). The van der Waals surface area contributed by atoms with Crippen LogP contribution in [0.15, 0.2) is 42.5 Å². The average Bonchev–Trinajstić information content (AvgIpc) is 2.59. The number of nitrogens with zero attached hydrogens (tertiary/aromatic N) is 3. The minimum absolute atomic E-state index is 0.0539. The van der Waals surface area contributed by atoms with Gasteiger partial charge in [0.05, 0.1) is 22.1 Å². The number of nitrogens with one attached hydrogen (secondary N) is 1. The number of nitriles is 1. The van der Waals surface area contributed by atoms with E-state index < -0.39 is 4.92 Å². The molecule has 0 fully saturated rings. The summed E-state index contributed by atoms with van der Waals surface area (Å²) in [7, 11) is 0. The molecular weight excluding hydrogens is 316 g/mol. The summed E-state index contributed by atoms with van der Waals surface area (Å²) in [6, 6.07) is 14.3. The van der Waals surface area contributed by atoms with Crippen LogP contribution in [-0.2, 0) is 6.54 Å². The fourth-order valence-corrected chi connectivity index (χ4v) is 2.74. The molecule has 6 nitrogen and oxygen atoms in total. The molecule has 6 heteroatoms. The molecule has 3 aromatic rings. The van der Waals surface area contributed by atoms with Crippen LogP contribution in [0.1, 0.15) is 22.3 Å². The lowest BCUT2D eigenvalue weighted by atomic mass is 10.1. The van der Waals surface area contributed by atoms with Gasteiger partial charge in [-0.25, -0.2) is 4.98 Å². The van der Waals surface area contributed by atoms with Crippen molar-refractivity contribution in [2.75, 3.05) is 5.32 Å². The summed E-state index contributed by atoms with van der Waals surface area (Å²) in [5.41, 5.74) is 4.39. The van der Waals surface area contributed by atoms with Crippen molar-refractivity contribution in [3.05, 3.63) is 74.8 Å². The first-order valence-corrected chi connectivity index (χ1v) is 7.77. The van der Waals surface area contributed by atoms with Gasteiger partial charge < -0.3 is 5.32 Å². The minimum atomic E-state index is -0.479. The number of pyridine rings is 1. The minimum Gasteiger partial charge on any atom is -0.366 e. The Morgan fingerprint density at radius 2 is 2.00 bits per heavy atom. The molecule has 0 spiro atoms. The summed E-state index contributed by atoms with van der Waals surface area (Å²) in [5, 5.41) is 24.0. The van der Waals surface area contributed by atoms with Gasteiger partial charge in [-0.3, -0.25) is 10.1 Å². The maximum atomic E-state index is 10.9. The van der Waals surface area contributed by atoms with Gasteiger partial charge in [-0.05, 0) is 37.1 Å². The highest BCUT2D eigenvalue weighted by molar-refractivity contribution is 5.88. The number of hydrogen-bond acceptors (Lipinski definition) is 5. The monoisotopic (exact) mass is 332 g/mol. The Kier molecular flexibility index (Phi) is 4.31. The SMILES string of the molecule is Cc1ccc(CNc2cc(C#N)c3cc([N+](=O)[O-])ccc3n2)c(C)c1. The number of non-ortho nitro benzene ring substituents is 1. The number of anilines is 1. The van der Waals surface area contributed by atoms with E-state index >= 15 is 0 Å². The van der Waals surface area contributed by atoms with Crippen LogP contribution in [0.25, 0.3) is 10.9 Å². The number of rotatable bonds is 4. The van der Waals surface area contributed by atoms with Crippen molar-refractivity contribution >= 4 is 22.4 Å². The van der Waals surface area contributed by atoms with Crippen molar-refractivity contribution in [1.82, 2.24) is 4.98 Å². The van der Waals surface area contributed by atoms with E-state index in [1.54, 1.807) is 12.1 Å². The van der Waals surface area contributed by atoms with Crippen LogP contribution in [-0.4, -0.2) is 9.91 Å². The maximum Gasteiger partial charge on any atom is 0.270 e. The number of nitro groups is 1. The number of aromatic nitrogens is 1. The predicted molar refractivity (Wildman–Crippen MR) is 96.4 cm³/mol. The fraction of sp³-hybridized carbons (Fsp3) is 0.158. The van der Waals surface area contributed by atoms with Crippen LogP contribution in [0.4, 0.5) is 11.5 Å². The maximum absolute atomic E-state index is 10.9. The van der Waals surface area contributed by atoms with E-state index in [2.05, 4.69) is 41.5 Å². The van der Waals surface area contributed by atoms with E-state index in [-0.39, 0.29) is 5.69 Å². The molecule has 124 valence electrons. The van der Waals surface area contributed by atoms with Crippen LogP contribution < -0.4 is 5.32 Å². The van der Waals surface area contributed by atoms with Crippen LogP contribution >= 0.6 is 0 Å². The van der Waals surface area contributed by atoms with E-state index in [0.717, 1.165) is 5.56 Å². The number of aryl methyl sites for hydroxylation is 2. The Morgan fingerprint density at radius 3 is 2.68 bits per heavy atom. The molecule has 0 aliphatic rings. The summed E-state index contributed by atoms with van der Waals surface area (Å²) in [4.78, 5) is 14.9. The fourth-order valence-electron chi connectivity index (χ4n) is 2.74. The van der Waals surface area contributed by atoms with Crippen molar-refractivity contribution in [3.8, 4) is 6.07 Å². The van der Waals surface area contributed by atoms with Gasteiger partial charge >= 0.3 is 0 Å². The van der Waals surface area contributed by atoms with E-state index in [0.29, 0.717) is 28.8 Å². The quantitative estimate of drug-likeness (QED) is 0.570. The normalized spacial score (nSPS) is 10.4. The standard InChI is InChI=1S/C19H16N4O2/c1-12-3-4-14(13(2)7-12)11-21-19-8-15(10-20)17-9-16(23(24)25)5-6-18(17)22-19/h3-9H,11H2,1-2H3,(H,21,22). The zero-order chi connectivity index (χ0) is 18.0. The van der Waals surface area contributed by atoms with E-state index in [4.69, 9.17) is 0 Å². The summed E-state index contributed by atoms with van der Waals surface area (Å²) < 4.78 is 0. The third kappa shape index (κ3) is 3.40. The third-order valence-corrected chi connectivity index (χ3v) is 4.08. The summed E-state index contributed by atoms with van der Waals surface area (Å²) in [6.45, 7) is 4.69. The van der Waals surface area contributed by atoms with Gasteiger partial charge in [-0.15, -0.1) is 0 Å². The van der Waals surface area contributed by atoms with Gasteiger partial charge in [0.15, 0.2) is 0 Å². The van der Waals surface area contributed by atoms with Crippen LogP contribution in [0.3, 0.4) is 0 Å². The lowest BCUT2D eigenvalue weighted by Crippen LogP contribution is -2.04. The number of benzene rings is 2. The Bertz CT molecular complexity index is 1020. The van der Waals surface area contributed by atoms with Crippen molar-refractivity contribution in [2.24, 2.45) is 0 Å². The Balaban J connectivity index is 1.93. The van der Waals surface area contributed by atoms with Gasteiger partial charge in [-0.1, -0.05) is 23.8 Å². The number of fused-ring (bicyclic) bond motifs is 1. The molecule has 0 saturated carbocycles. The molecule has 0 saturated heterocycles. The molecule has 25 heavy (non-hydrogen) atoms. The van der Waals surface area contributed by atoms with Gasteiger partial charge in [-0.2, -0.15) is 5.26 Å². The molecule has 1 aromatic heterocycles. The Morgan fingerprint density at radius 1 is 1.20 bits per heavy atom. The van der Waals surface area contributed by atoms with Gasteiger partial charge in [0.25, 0.3) is 5.69 Å². The molecule has 0 atom stereocenters. The van der Waals surface area contributed by atoms with E-state index in [1.807, 2.05) is 6.92 Å². The molecular formula is C19H16N4O2. The second-order valence-electron chi connectivity index (χ2n) is 5.91. The Labute approximate surface area is 144 Å². The molecule has 0 aliphatic heterocycles. The van der Waals surface area contributed by atoms with Gasteiger partial charge in [0.1, 0.15) is 5.82 Å². The second kappa shape index (κ2) is 6.57. The van der Waals surface area contributed by atoms with Crippen LogP contribution in [0.2, 0.25) is 0 Å². The highest BCUT2D eigenvalue weighted by atomic mass is 16.6. The van der Waals surface area contributed by atoms with E-state index in [1.165, 1.54) is 23.3 Å². The first kappa shape index (κ1) is 16.4. The third-order valence-electron chi connectivity index (χ3n) is 4.08.